The van der Waals surface area contributed by atoms with Crippen LogP contribution in [0.15, 0.2) is 24.3 Å². The number of aromatic hydroxyl groups is 2. The molecule has 0 aliphatic rings. The minimum Gasteiger partial charge on any atom is -0.507 e. The van der Waals surface area contributed by atoms with Gasteiger partial charge in [0.1, 0.15) is 23.0 Å². The molecule has 2 aromatic rings. The first-order valence-corrected chi connectivity index (χ1v) is 9.98. The van der Waals surface area contributed by atoms with Crippen molar-refractivity contribution < 1.29 is 19.7 Å². The third kappa shape index (κ3) is 4.31. The molecule has 29 heavy (non-hydrogen) atoms. The molecule has 2 N–H and O–H groups in total. The van der Waals surface area contributed by atoms with Crippen molar-refractivity contribution in [2.45, 2.75) is 71.6 Å². The van der Waals surface area contributed by atoms with Gasteiger partial charge < -0.3 is 19.7 Å². The largest absolute Gasteiger partial charge is 0.507 e. The summed E-state index contributed by atoms with van der Waals surface area (Å²) in [4.78, 5) is 0. The molecule has 0 unspecified atom stereocenters. The van der Waals surface area contributed by atoms with E-state index >= 15 is 0 Å². The molecule has 0 aliphatic carbocycles. The number of ether oxygens (including phenoxy) is 2. The smallest absolute Gasteiger partial charge is 0.123 e. The Hall–Kier alpha value is -2.36. The number of phenols is 2. The van der Waals surface area contributed by atoms with Crippen molar-refractivity contribution in [1.29, 1.82) is 0 Å². The SMILES string of the molecule is COc1cc(C(C)(C)C)c(O)c(C(C)(C)c2cc(OC)cc(C(C)(C)C)c2O)c1. The Morgan fingerprint density at radius 3 is 1.07 bits per heavy atom. The normalized spacial score (nSPS) is 12.8. The van der Waals surface area contributed by atoms with E-state index in [0.717, 1.165) is 11.1 Å². The highest BCUT2D eigenvalue weighted by molar-refractivity contribution is 5.60. The second kappa shape index (κ2) is 7.47. The van der Waals surface area contributed by atoms with Crippen molar-refractivity contribution in [3.05, 3.63) is 46.5 Å². The lowest BCUT2D eigenvalue weighted by molar-refractivity contribution is 0.387. The lowest BCUT2D eigenvalue weighted by atomic mass is 9.72. The molecule has 4 nitrogen and oxygen atoms in total. The van der Waals surface area contributed by atoms with Gasteiger partial charge >= 0.3 is 0 Å². The van der Waals surface area contributed by atoms with Crippen LogP contribution in [0.25, 0.3) is 0 Å². The number of methoxy groups -OCH3 is 2. The van der Waals surface area contributed by atoms with Crippen LogP contribution in [0.2, 0.25) is 0 Å². The van der Waals surface area contributed by atoms with Crippen LogP contribution in [-0.4, -0.2) is 24.4 Å². The van der Waals surface area contributed by atoms with Crippen molar-refractivity contribution in [1.82, 2.24) is 0 Å². The Labute approximate surface area is 175 Å². The van der Waals surface area contributed by atoms with E-state index in [9.17, 15) is 10.2 Å². The zero-order chi connectivity index (χ0) is 22.4. The first kappa shape index (κ1) is 22.9. The van der Waals surface area contributed by atoms with Crippen molar-refractivity contribution in [2.24, 2.45) is 0 Å². The van der Waals surface area contributed by atoms with Crippen LogP contribution in [-0.2, 0) is 16.2 Å². The Kier molecular flexibility index (Phi) is 5.91. The van der Waals surface area contributed by atoms with Crippen molar-refractivity contribution in [2.75, 3.05) is 14.2 Å². The predicted molar refractivity (Wildman–Crippen MR) is 119 cm³/mol. The molecule has 2 aromatic carbocycles. The maximum Gasteiger partial charge on any atom is 0.123 e. The highest BCUT2D eigenvalue weighted by atomic mass is 16.5. The summed E-state index contributed by atoms with van der Waals surface area (Å²) < 4.78 is 11.1. The third-order valence-electron chi connectivity index (χ3n) is 5.60. The molecule has 160 valence electrons. The van der Waals surface area contributed by atoms with E-state index in [1.807, 2.05) is 38.1 Å². The fraction of sp³-hybridized carbons (Fsp3) is 0.520. The molecule has 0 aliphatic heterocycles. The Morgan fingerprint density at radius 2 is 0.828 bits per heavy atom. The molecule has 0 fully saturated rings. The van der Waals surface area contributed by atoms with Gasteiger partial charge in [0.2, 0.25) is 0 Å². The zero-order valence-corrected chi connectivity index (χ0v) is 19.5. The Balaban J connectivity index is 2.87. The average Bonchev–Trinajstić information content (AvgIpc) is 2.59. The fourth-order valence-electron chi connectivity index (χ4n) is 3.69. The summed E-state index contributed by atoms with van der Waals surface area (Å²) in [6.45, 7) is 16.3. The van der Waals surface area contributed by atoms with Crippen LogP contribution in [0.3, 0.4) is 0 Å². The summed E-state index contributed by atoms with van der Waals surface area (Å²) in [5.41, 5.74) is 1.77. The van der Waals surface area contributed by atoms with Crippen molar-refractivity contribution in [3.8, 4) is 23.0 Å². The van der Waals surface area contributed by atoms with Gasteiger partial charge in [0.25, 0.3) is 0 Å². The van der Waals surface area contributed by atoms with E-state index in [2.05, 4.69) is 41.5 Å². The van der Waals surface area contributed by atoms with Gasteiger partial charge in [-0.1, -0.05) is 55.4 Å². The summed E-state index contributed by atoms with van der Waals surface area (Å²) in [5.74, 6) is 1.80. The quantitative estimate of drug-likeness (QED) is 0.657. The Bertz CT molecular complexity index is 823. The van der Waals surface area contributed by atoms with Gasteiger partial charge in [-0.05, 0) is 35.1 Å². The van der Waals surface area contributed by atoms with E-state index in [4.69, 9.17) is 9.47 Å². The minimum absolute atomic E-state index is 0.225. The molecular formula is C25H36O4. The highest BCUT2D eigenvalue weighted by Crippen LogP contribution is 2.49. The molecule has 0 aromatic heterocycles. The van der Waals surface area contributed by atoms with Crippen LogP contribution in [0.1, 0.15) is 77.6 Å². The zero-order valence-electron chi connectivity index (χ0n) is 19.5. The van der Waals surface area contributed by atoms with Crippen molar-refractivity contribution >= 4 is 0 Å². The van der Waals surface area contributed by atoms with E-state index in [1.165, 1.54) is 0 Å². The molecule has 0 heterocycles. The number of phenolic OH excluding ortho intramolecular Hbond substituents is 2. The van der Waals surface area contributed by atoms with E-state index < -0.39 is 5.41 Å². The molecule has 0 atom stereocenters. The van der Waals surface area contributed by atoms with Crippen LogP contribution in [0, 0.1) is 0 Å². The monoisotopic (exact) mass is 400 g/mol. The van der Waals surface area contributed by atoms with Gasteiger partial charge in [-0.3, -0.25) is 0 Å². The molecule has 0 saturated carbocycles. The topological polar surface area (TPSA) is 58.9 Å². The summed E-state index contributed by atoms with van der Waals surface area (Å²) >= 11 is 0. The molecule has 0 spiro atoms. The second-order valence-corrected chi connectivity index (χ2v) is 10.3. The molecule has 0 amide bonds. The van der Waals surface area contributed by atoms with Gasteiger partial charge in [0.05, 0.1) is 14.2 Å². The first-order valence-electron chi connectivity index (χ1n) is 9.98. The van der Waals surface area contributed by atoms with E-state index in [-0.39, 0.29) is 22.3 Å². The maximum atomic E-state index is 11.2. The van der Waals surface area contributed by atoms with E-state index in [1.54, 1.807) is 14.2 Å². The molecule has 2 rings (SSSR count). The number of hydrogen-bond acceptors (Lipinski definition) is 4. The number of rotatable bonds is 4. The average molecular weight is 401 g/mol. The summed E-state index contributed by atoms with van der Waals surface area (Å²) in [6.07, 6.45) is 0. The number of hydrogen-bond donors (Lipinski definition) is 2. The van der Waals surface area contributed by atoms with Gasteiger partial charge in [0, 0.05) is 27.7 Å². The van der Waals surface area contributed by atoms with Gasteiger partial charge in [-0.25, -0.2) is 0 Å². The minimum atomic E-state index is -0.697. The summed E-state index contributed by atoms with van der Waals surface area (Å²) in [5, 5.41) is 22.4. The number of benzene rings is 2. The van der Waals surface area contributed by atoms with Crippen LogP contribution < -0.4 is 9.47 Å². The van der Waals surface area contributed by atoms with Crippen LogP contribution in [0.5, 0.6) is 23.0 Å². The molecule has 4 heteroatoms. The summed E-state index contributed by atoms with van der Waals surface area (Å²) in [6, 6.07) is 7.45. The lowest BCUT2D eigenvalue weighted by Crippen LogP contribution is -2.23. The molecule has 0 radical (unpaired) electrons. The van der Waals surface area contributed by atoms with Crippen molar-refractivity contribution in [3.63, 3.8) is 0 Å². The van der Waals surface area contributed by atoms with E-state index in [0.29, 0.717) is 22.6 Å². The van der Waals surface area contributed by atoms with Crippen LogP contribution in [0.4, 0.5) is 0 Å². The van der Waals surface area contributed by atoms with Crippen LogP contribution >= 0.6 is 0 Å². The molecule has 0 saturated heterocycles. The molecular weight excluding hydrogens is 364 g/mol. The standard InChI is InChI=1S/C25H36O4/c1-23(2,3)17-11-15(28-9)13-19(21(17)26)25(7,8)20-14-16(29-10)12-18(22(20)27)24(4,5)6/h11-14,26-27H,1-10H3. The maximum absolute atomic E-state index is 11.2. The first-order chi connectivity index (χ1) is 13.1. The lowest BCUT2D eigenvalue weighted by Gasteiger charge is -2.33. The van der Waals surface area contributed by atoms with Gasteiger partial charge in [-0.15, -0.1) is 0 Å². The predicted octanol–water partition coefficient (Wildman–Crippen LogP) is 6.04. The van der Waals surface area contributed by atoms with Gasteiger partial charge in [0.15, 0.2) is 0 Å². The molecule has 0 bridgehead atoms. The summed E-state index contributed by atoms with van der Waals surface area (Å²) in [7, 11) is 3.24. The second-order valence-electron chi connectivity index (χ2n) is 10.3. The Morgan fingerprint density at radius 1 is 0.552 bits per heavy atom. The highest BCUT2D eigenvalue weighted by Gasteiger charge is 2.35. The third-order valence-corrected chi connectivity index (χ3v) is 5.60. The fourth-order valence-corrected chi connectivity index (χ4v) is 3.69. The van der Waals surface area contributed by atoms with Gasteiger partial charge in [-0.2, -0.15) is 0 Å².